The van der Waals surface area contributed by atoms with Gasteiger partial charge in [-0.25, -0.2) is 4.98 Å². The number of aromatic nitrogens is 1. The number of nitrogens with one attached hydrogen (secondary N) is 1. The first-order valence-corrected chi connectivity index (χ1v) is 6.61. The van der Waals surface area contributed by atoms with Crippen molar-refractivity contribution in [2.75, 3.05) is 6.54 Å². The van der Waals surface area contributed by atoms with Crippen LogP contribution in [0.2, 0.25) is 0 Å². The van der Waals surface area contributed by atoms with Crippen molar-refractivity contribution in [3.05, 3.63) is 28.7 Å². The molecule has 0 saturated carbocycles. The quantitative estimate of drug-likeness (QED) is 0.770. The molecule has 1 unspecified atom stereocenters. The minimum atomic E-state index is 0.0881. The number of hydrogen-bond acceptors (Lipinski definition) is 3. The minimum Gasteiger partial charge on any atom is -0.314 e. The van der Waals surface area contributed by atoms with Gasteiger partial charge in [-0.1, -0.05) is 26.8 Å². The average molecular weight is 238 g/mol. The van der Waals surface area contributed by atoms with E-state index in [-0.39, 0.29) is 5.41 Å². The zero-order chi connectivity index (χ0) is 12.2. The Labute approximate surface area is 103 Å². The Hall–Kier alpha value is -0.670. The third kappa shape index (κ3) is 4.06. The van der Waals surface area contributed by atoms with E-state index < -0.39 is 0 Å². The molecule has 0 saturated heterocycles. The lowest BCUT2D eigenvalue weighted by Gasteiger charge is -2.26. The number of aryl methyl sites for hydroxylation is 1. The summed E-state index contributed by atoms with van der Waals surface area (Å²) in [4.78, 5) is 4.51. The van der Waals surface area contributed by atoms with Gasteiger partial charge in [-0.3, -0.25) is 0 Å². The molecule has 0 fully saturated rings. The van der Waals surface area contributed by atoms with E-state index in [0.29, 0.717) is 6.04 Å². The van der Waals surface area contributed by atoms with E-state index in [1.807, 2.05) is 13.0 Å². The molecule has 0 aliphatic carbocycles. The van der Waals surface area contributed by atoms with Crippen molar-refractivity contribution in [2.24, 2.45) is 5.41 Å². The summed E-state index contributed by atoms with van der Waals surface area (Å²) in [5.41, 5.74) is 1.26. The summed E-state index contributed by atoms with van der Waals surface area (Å²) in [7, 11) is 0. The van der Waals surface area contributed by atoms with Crippen molar-refractivity contribution >= 4 is 11.3 Å². The SMILES string of the molecule is C=CC(C)(CNC(C)C)Cc1csc(C)n1. The van der Waals surface area contributed by atoms with Crippen LogP contribution in [-0.2, 0) is 6.42 Å². The molecular formula is C13H22N2S. The lowest BCUT2D eigenvalue weighted by molar-refractivity contribution is 0.371. The summed E-state index contributed by atoms with van der Waals surface area (Å²) in [5.74, 6) is 0. The van der Waals surface area contributed by atoms with Crippen LogP contribution in [-0.4, -0.2) is 17.6 Å². The third-order valence-electron chi connectivity index (χ3n) is 2.66. The maximum absolute atomic E-state index is 4.51. The summed E-state index contributed by atoms with van der Waals surface area (Å²) < 4.78 is 0. The number of hydrogen-bond donors (Lipinski definition) is 1. The summed E-state index contributed by atoms with van der Waals surface area (Å²) in [6.07, 6.45) is 3.00. The van der Waals surface area contributed by atoms with Crippen LogP contribution in [0.5, 0.6) is 0 Å². The Balaban J connectivity index is 2.62. The van der Waals surface area contributed by atoms with Gasteiger partial charge in [0.05, 0.1) is 10.7 Å². The van der Waals surface area contributed by atoms with Crippen LogP contribution in [0.15, 0.2) is 18.0 Å². The molecule has 0 bridgehead atoms. The summed E-state index contributed by atoms with van der Waals surface area (Å²) in [6.45, 7) is 13.5. The highest BCUT2D eigenvalue weighted by atomic mass is 32.1. The highest BCUT2D eigenvalue weighted by Crippen LogP contribution is 2.24. The number of nitrogens with zero attached hydrogens (tertiary/aromatic N) is 1. The zero-order valence-corrected chi connectivity index (χ0v) is 11.5. The standard InChI is InChI=1S/C13H22N2S/c1-6-13(5,9-14-10(2)3)7-12-8-16-11(4)15-12/h6,8,10,14H,1,7,9H2,2-5H3. The van der Waals surface area contributed by atoms with Crippen molar-refractivity contribution < 1.29 is 0 Å². The molecule has 0 aromatic carbocycles. The third-order valence-corrected chi connectivity index (χ3v) is 3.48. The molecule has 1 aromatic heterocycles. The molecule has 1 rings (SSSR count). The first-order chi connectivity index (χ1) is 7.45. The van der Waals surface area contributed by atoms with Crippen molar-refractivity contribution in [3.63, 3.8) is 0 Å². The molecule has 90 valence electrons. The first-order valence-electron chi connectivity index (χ1n) is 5.73. The molecule has 1 aromatic rings. The smallest absolute Gasteiger partial charge is 0.0897 e. The van der Waals surface area contributed by atoms with E-state index >= 15 is 0 Å². The van der Waals surface area contributed by atoms with E-state index in [9.17, 15) is 0 Å². The van der Waals surface area contributed by atoms with Crippen LogP contribution >= 0.6 is 11.3 Å². The van der Waals surface area contributed by atoms with E-state index in [2.05, 4.69) is 43.0 Å². The van der Waals surface area contributed by atoms with Crippen molar-refractivity contribution in [1.82, 2.24) is 10.3 Å². The molecule has 1 heterocycles. The van der Waals surface area contributed by atoms with Crippen LogP contribution < -0.4 is 5.32 Å². The Morgan fingerprint density at radius 1 is 1.62 bits per heavy atom. The Morgan fingerprint density at radius 3 is 2.75 bits per heavy atom. The number of rotatable bonds is 6. The van der Waals surface area contributed by atoms with Gasteiger partial charge < -0.3 is 5.32 Å². The van der Waals surface area contributed by atoms with Gasteiger partial charge in [0.1, 0.15) is 0 Å². The molecule has 2 nitrogen and oxygen atoms in total. The summed E-state index contributed by atoms with van der Waals surface area (Å²) in [6, 6.07) is 0.511. The van der Waals surface area contributed by atoms with Gasteiger partial charge >= 0.3 is 0 Å². The molecule has 0 radical (unpaired) electrons. The first kappa shape index (κ1) is 13.4. The maximum atomic E-state index is 4.51. The van der Waals surface area contributed by atoms with Crippen LogP contribution in [0.25, 0.3) is 0 Å². The number of thiazole rings is 1. The van der Waals surface area contributed by atoms with E-state index in [1.165, 1.54) is 5.69 Å². The molecule has 3 heteroatoms. The molecule has 0 amide bonds. The van der Waals surface area contributed by atoms with Crippen LogP contribution in [0, 0.1) is 12.3 Å². The fraction of sp³-hybridized carbons (Fsp3) is 0.615. The monoisotopic (exact) mass is 238 g/mol. The predicted molar refractivity (Wildman–Crippen MR) is 72.0 cm³/mol. The molecule has 0 aliphatic rings. The Bertz CT molecular complexity index is 343. The van der Waals surface area contributed by atoms with Crippen molar-refractivity contribution in [3.8, 4) is 0 Å². The van der Waals surface area contributed by atoms with Gasteiger partial charge in [0.15, 0.2) is 0 Å². The fourth-order valence-corrected chi connectivity index (χ4v) is 2.16. The maximum Gasteiger partial charge on any atom is 0.0897 e. The molecule has 16 heavy (non-hydrogen) atoms. The zero-order valence-electron chi connectivity index (χ0n) is 10.7. The van der Waals surface area contributed by atoms with E-state index in [0.717, 1.165) is 18.0 Å². The molecule has 0 aliphatic heterocycles. The Morgan fingerprint density at radius 2 is 2.31 bits per heavy atom. The Kier molecular flexibility index (Phi) is 4.69. The van der Waals surface area contributed by atoms with Gasteiger partial charge in [0.2, 0.25) is 0 Å². The van der Waals surface area contributed by atoms with Gasteiger partial charge in [-0.15, -0.1) is 17.9 Å². The fourth-order valence-electron chi connectivity index (χ4n) is 1.55. The van der Waals surface area contributed by atoms with Crippen molar-refractivity contribution in [2.45, 2.75) is 40.2 Å². The van der Waals surface area contributed by atoms with Crippen LogP contribution in [0.3, 0.4) is 0 Å². The molecular weight excluding hydrogens is 216 g/mol. The lowest BCUT2D eigenvalue weighted by atomic mass is 9.85. The second-order valence-corrected chi connectivity index (χ2v) is 5.99. The highest BCUT2D eigenvalue weighted by Gasteiger charge is 2.22. The topological polar surface area (TPSA) is 24.9 Å². The molecule has 0 spiro atoms. The molecule has 1 N–H and O–H groups in total. The van der Waals surface area contributed by atoms with Crippen LogP contribution in [0.1, 0.15) is 31.5 Å². The van der Waals surface area contributed by atoms with Gasteiger partial charge in [0, 0.05) is 29.8 Å². The second kappa shape index (κ2) is 5.60. The molecule has 1 atom stereocenters. The van der Waals surface area contributed by atoms with Gasteiger partial charge in [-0.2, -0.15) is 0 Å². The second-order valence-electron chi connectivity index (χ2n) is 4.93. The van der Waals surface area contributed by atoms with E-state index in [4.69, 9.17) is 0 Å². The van der Waals surface area contributed by atoms with Gasteiger partial charge in [-0.05, 0) is 6.92 Å². The predicted octanol–water partition coefficient (Wildman–Crippen LogP) is 3.18. The summed E-state index contributed by atoms with van der Waals surface area (Å²) >= 11 is 1.71. The summed E-state index contributed by atoms with van der Waals surface area (Å²) in [5, 5.41) is 6.75. The van der Waals surface area contributed by atoms with Gasteiger partial charge in [0.25, 0.3) is 0 Å². The average Bonchev–Trinajstić information content (AvgIpc) is 2.61. The van der Waals surface area contributed by atoms with Crippen LogP contribution in [0.4, 0.5) is 0 Å². The highest BCUT2D eigenvalue weighted by molar-refractivity contribution is 7.09. The largest absolute Gasteiger partial charge is 0.314 e. The van der Waals surface area contributed by atoms with Crippen molar-refractivity contribution in [1.29, 1.82) is 0 Å². The normalized spacial score (nSPS) is 15.1. The minimum absolute atomic E-state index is 0.0881. The lowest BCUT2D eigenvalue weighted by Crippen LogP contribution is -2.35. The van der Waals surface area contributed by atoms with E-state index in [1.54, 1.807) is 11.3 Å².